The molecular weight excluding hydrogens is 375 g/mol. The van der Waals surface area contributed by atoms with Crippen LogP contribution in [0.25, 0.3) is 0 Å². The van der Waals surface area contributed by atoms with E-state index in [1.165, 1.54) is 0 Å². The van der Waals surface area contributed by atoms with Crippen molar-refractivity contribution in [1.82, 2.24) is 4.90 Å². The van der Waals surface area contributed by atoms with Crippen LogP contribution in [0.3, 0.4) is 0 Å². The molecule has 138 valence electrons. The summed E-state index contributed by atoms with van der Waals surface area (Å²) in [6, 6.07) is 10.6. The molecule has 0 aliphatic carbocycles. The van der Waals surface area contributed by atoms with Gasteiger partial charge >= 0.3 is 0 Å². The minimum Gasteiger partial charge on any atom is -0.497 e. The SMILES string of the molecule is COc1cc(OC)cc(C(=O)N2CCN(c3cc(Cl)ccc3Cl)CC2)c1. The molecule has 1 aliphatic rings. The average Bonchev–Trinajstić information content (AvgIpc) is 2.69. The van der Waals surface area contributed by atoms with E-state index in [-0.39, 0.29) is 5.91 Å². The Morgan fingerprint density at radius 2 is 1.54 bits per heavy atom. The van der Waals surface area contributed by atoms with Gasteiger partial charge in [0.1, 0.15) is 11.5 Å². The summed E-state index contributed by atoms with van der Waals surface area (Å²) in [4.78, 5) is 16.8. The first-order valence-corrected chi connectivity index (χ1v) is 8.99. The van der Waals surface area contributed by atoms with Crippen LogP contribution >= 0.6 is 23.2 Å². The summed E-state index contributed by atoms with van der Waals surface area (Å²) in [5.41, 5.74) is 1.45. The fourth-order valence-corrected chi connectivity index (χ4v) is 3.40. The van der Waals surface area contributed by atoms with Gasteiger partial charge in [-0.25, -0.2) is 0 Å². The van der Waals surface area contributed by atoms with E-state index in [0.717, 1.165) is 5.69 Å². The predicted molar refractivity (Wildman–Crippen MR) is 104 cm³/mol. The lowest BCUT2D eigenvalue weighted by Gasteiger charge is -2.36. The number of methoxy groups -OCH3 is 2. The standard InChI is InChI=1S/C19H20Cl2N2O3/c1-25-15-9-13(10-16(12-15)26-2)19(24)23-7-5-22(6-8-23)18-11-14(20)3-4-17(18)21/h3-4,9-12H,5-8H2,1-2H3. The number of rotatable bonds is 4. The summed E-state index contributed by atoms with van der Waals surface area (Å²) in [6.07, 6.45) is 0. The third-order valence-electron chi connectivity index (χ3n) is 4.41. The highest BCUT2D eigenvalue weighted by atomic mass is 35.5. The summed E-state index contributed by atoms with van der Waals surface area (Å²) in [5, 5.41) is 1.30. The lowest BCUT2D eigenvalue weighted by molar-refractivity contribution is 0.0746. The van der Waals surface area contributed by atoms with Gasteiger partial charge < -0.3 is 19.3 Å². The van der Waals surface area contributed by atoms with Crippen LogP contribution in [0, 0.1) is 0 Å². The molecule has 1 heterocycles. The van der Waals surface area contributed by atoms with Gasteiger partial charge in [0.15, 0.2) is 0 Å². The fourth-order valence-electron chi connectivity index (χ4n) is 2.99. The Hall–Kier alpha value is -2.11. The van der Waals surface area contributed by atoms with Crippen LogP contribution in [0.2, 0.25) is 10.0 Å². The number of ether oxygens (including phenoxy) is 2. The Morgan fingerprint density at radius 1 is 0.923 bits per heavy atom. The maximum Gasteiger partial charge on any atom is 0.254 e. The normalized spacial score (nSPS) is 14.3. The highest BCUT2D eigenvalue weighted by Gasteiger charge is 2.24. The van der Waals surface area contributed by atoms with Crippen molar-refractivity contribution >= 4 is 34.8 Å². The number of halogens is 2. The third kappa shape index (κ3) is 4.00. The van der Waals surface area contributed by atoms with E-state index in [9.17, 15) is 4.79 Å². The second kappa shape index (κ2) is 8.06. The van der Waals surface area contributed by atoms with E-state index < -0.39 is 0 Å². The van der Waals surface area contributed by atoms with Gasteiger partial charge in [-0.1, -0.05) is 23.2 Å². The number of carbonyl (C=O) groups excluding carboxylic acids is 1. The molecule has 0 spiro atoms. The first kappa shape index (κ1) is 18.7. The topological polar surface area (TPSA) is 42.0 Å². The number of amides is 1. The van der Waals surface area contributed by atoms with E-state index in [1.54, 1.807) is 44.6 Å². The van der Waals surface area contributed by atoms with Crippen molar-refractivity contribution in [2.45, 2.75) is 0 Å². The van der Waals surface area contributed by atoms with Crippen LogP contribution in [-0.2, 0) is 0 Å². The number of carbonyl (C=O) groups is 1. The van der Waals surface area contributed by atoms with Crippen LogP contribution in [0.4, 0.5) is 5.69 Å². The molecular formula is C19H20Cl2N2O3. The molecule has 1 saturated heterocycles. The maximum atomic E-state index is 12.8. The van der Waals surface area contributed by atoms with Crippen molar-refractivity contribution in [3.05, 3.63) is 52.0 Å². The van der Waals surface area contributed by atoms with E-state index in [0.29, 0.717) is 53.3 Å². The van der Waals surface area contributed by atoms with Gasteiger partial charge in [0.2, 0.25) is 0 Å². The van der Waals surface area contributed by atoms with Gasteiger partial charge in [-0.15, -0.1) is 0 Å². The molecule has 0 radical (unpaired) electrons. The molecule has 0 N–H and O–H groups in total. The van der Waals surface area contributed by atoms with Gasteiger partial charge in [0.25, 0.3) is 5.91 Å². The van der Waals surface area contributed by atoms with Crippen molar-refractivity contribution in [2.24, 2.45) is 0 Å². The van der Waals surface area contributed by atoms with Crippen LogP contribution < -0.4 is 14.4 Å². The van der Waals surface area contributed by atoms with Crippen molar-refractivity contribution in [2.75, 3.05) is 45.3 Å². The Morgan fingerprint density at radius 3 is 2.12 bits per heavy atom. The summed E-state index contributed by atoms with van der Waals surface area (Å²) < 4.78 is 10.5. The van der Waals surface area contributed by atoms with Crippen LogP contribution in [-0.4, -0.2) is 51.2 Å². The molecule has 26 heavy (non-hydrogen) atoms. The number of piperazine rings is 1. The molecule has 3 rings (SSSR count). The quantitative estimate of drug-likeness (QED) is 0.786. The molecule has 0 bridgehead atoms. The number of anilines is 1. The molecule has 0 unspecified atom stereocenters. The molecule has 0 saturated carbocycles. The van der Waals surface area contributed by atoms with E-state index >= 15 is 0 Å². The number of hydrogen-bond acceptors (Lipinski definition) is 4. The molecule has 2 aromatic carbocycles. The van der Waals surface area contributed by atoms with Crippen molar-refractivity contribution in [3.8, 4) is 11.5 Å². The van der Waals surface area contributed by atoms with Gasteiger partial charge in [-0.05, 0) is 30.3 Å². The first-order chi connectivity index (χ1) is 12.5. The van der Waals surface area contributed by atoms with Gasteiger partial charge in [-0.2, -0.15) is 0 Å². The lowest BCUT2D eigenvalue weighted by atomic mass is 10.1. The lowest BCUT2D eigenvalue weighted by Crippen LogP contribution is -2.48. The monoisotopic (exact) mass is 394 g/mol. The van der Waals surface area contributed by atoms with Gasteiger partial charge in [-0.3, -0.25) is 4.79 Å². The second-order valence-corrected chi connectivity index (χ2v) is 6.82. The Labute approximate surface area is 163 Å². The van der Waals surface area contributed by atoms with E-state index in [2.05, 4.69) is 4.90 Å². The molecule has 1 aliphatic heterocycles. The minimum absolute atomic E-state index is 0.0426. The molecule has 1 fully saturated rings. The van der Waals surface area contributed by atoms with Crippen molar-refractivity contribution < 1.29 is 14.3 Å². The summed E-state index contributed by atoms with van der Waals surface area (Å²) in [5.74, 6) is 1.15. The molecule has 7 heteroatoms. The van der Waals surface area contributed by atoms with Crippen LogP contribution in [0.5, 0.6) is 11.5 Å². The van der Waals surface area contributed by atoms with Gasteiger partial charge in [0.05, 0.1) is 24.9 Å². The fraction of sp³-hybridized carbons (Fsp3) is 0.316. The molecule has 1 amide bonds. The smallest absolute Gasteiger partial charge is 0.254 e. The zero-order chi connectivity index (χ0) is 18.7. The zero-order valence-corrected chi connectivity index (χ0v) is 16.2. The van der Waals surface area contributed by atoms with Crippen molar-refractivity contribution in [3.63, 3.8) is 0 Å². The second-order valence-electron chi connectivity index (χ2n) is 5.98. The minimum atomic E-state index is -0.0426. The number of nitrogens with zero attached hydrogens (tertiary/aromatic N) is 2. The van der Waals surface area contributed by atoms with Crippen LogP contribution in [0.1, 0.15) is 10.4 Å². The summed E-state index contributed by atoms with van der Waals surface area (Å²) in [7, 11) is 3.13. The number of hydrogen-bond donors (Lipinski definition) is 0. The van der Waals surface area contributed by atoms with E-state index in [1.807, 2.05) is 11.0 Å². The average molecular weight is 395 g/mol. The highest BCUT2D eigenvalue weighted by molar-refractivity contribution is 6.35. The molecule has 2 aromatic rings. The summed E-state index contributed by atoms with van der Waals surface area (Å²) in [6.45, 7) is 2.57. The molecule has 0 atom stereocenters. The summed E-state index contributed by atoms with van der Waals surface area (Å²) >= 11 is 12.4. The van der Waals surface area contributed by atoms with Gasteiger partial charge in [0, 0.05) is 42.8 Å². The largest absolute Gasteiger partial charge is 0.497 e. The highest BCUT2D eigenvalue weighted by Crippen LogP contribution is 2.30. The third-order valence-corrected chi connectivity index (χ3v) is 4.97. The molecule has 0 aromatic heterocycles. The first-order valence-electron chi connectivity index (χ1n) is 8.24. The molecule has 5 nitrogen and oxygen atoms in total. The zero-order valence-electron chi connectivity index (χ0n) is 14.7. The Kier molecular flexibility index (Phi) is 5.79. The maximum absolute atomic E-state index is 12.8. The van der Waals surface area contributed by atoms with Crippen LogP contribution in [0.15, 0.2) is 36.4 Å². The van der Waals surface area contributed by atoms with Crippen molar-refractivity contribution in [1.29, 1.82) is 0 Å². The van der Waals surface area contributed by atoms with E-state index in [4.69, 9.17) is 32.7 Å². The number of benzene rings is 2. The predicted octanol–water partition coefficient (Wildman–Crippen LogP) is 3.97. The Bertz CT molecular complexity index is 783. The Balaban J connectivity index is 1.72.